The van der Waals surface area contributed by atoms with E-state index in [0.717, 1.165) is 16.9 Å². The van der Waals surface area contributed by atoms with Gasteiger partial charge in [0.2, 0.25) is 5.91 Å². The number of hydrogen-bond acceptors (Lipinski definition) is 8. The van der Waals surface area contributed by atoms with Crippen LogP contribution in [0.5, 0.6) is 0 Å². The van der Waals surface area contributed by atoms with Gasteiger partial charge in [-0.05, 0) is 58.7 Å². The number of piperazine rings is 1. The van der Waals surface area contributed by atoms with E-state index in [0.29, 0.717) is 43.4 Å². The molecule has 1 aromatic carbocycles. The number of hydrogen-bond donors (Lipinski definition) is 2. The van der Waals surface area contributed by atoms with E-state index in [9.17, 15) is 14.7 Å². The Morgan fingerprint density at radius 3 is 2.42 bits per heavy atom. The van der Waals surface area contributed by atoms with Crippen LogP contribution in [0, 0.1) is 5.92 Å². The van der Waals surface area contributed by atoms with Crippen molar-refractivity contribution >= 4 is 35.2 Å². The molecule has 11 heteroatoms. The molecule has 2 aliphatic rings. The first-order valence-electron chi connectivity index (χ1n) is 13.9. The maximum Gasteiger partial charge on any atom is 0.410 e. The van der Waals surface area contributed by atoms with Crippen molar-refractivity contribution in [2.24, 2.45) is 5.92 Å². The standard InChI is InChI=1S/C29H41ClN6O4/c1-18(2)36(28(39)40-29(4,5)6)16-23(20-7-9-21(30)10-8-20)27(38)35-13-11-34(12-14-35)25-22-15-19(3)26(37)33-24(22)31-17-32-25/h7-10,17-19,23,27,38H,11-16H2,1-6H3,(H,31,32,33,37)/t19-,23+,27-/m1/s1. The summed E-state index contributed by atoms with van der Waals surface area (Å²) in [6, 6.07) is 7.30. The van der Waals surface area contributed by atoms with Crippen molar-refractivity contribution in [1.29, 1.82) is 0 Å². The van der Waals surface area contributed by atoms with E-state index in [1.807, 2.05) is 58.6 Å². The number of ether oxygens (including phenoxy) is 1. The molecule has 2 aliphatic heterocycles. The minimum absolute atomic E-state index is 0.0276. The summed E-state index contributed by atoms with van der Waals surface area (Å²) < 4.78 is 5.69. The topological polar surface area (TPSA) is 111 Å². The molecule has 0 spiro atoms. The van der Waals surface area contributed by atoms with Gasteiger partial charge in [-0.3, -0.25) is 9.69 Å². The number of anilines is 2. The molecule has 0 bridgehead atoms. The minimum Gasteiger partial charge on any atom is -0.444 e. The molecular weight excluding hydrogens is 532 g/mol. The van der Waals surface area contributed by atoms with Gasteiger partial charge in [0, 0.05) is 61.2 Å². The highest BCUT2D eigenvalue weighted by Crippen LogP contribution is 2.32. The molecule has 1 fully saturated rings. The summed E-state index contributed by atoms with van der Waals surface area (Å²) in [6.07, 6.45) is 0.826. The van der Waals surface area contributed by atoms with Crippen molar-refractivity contribution in [2.45, 2.75) is 71.8 Å². The van der Waals surface area contributed by atoms with Crippen LogP contribution in [0.15, 0.2) is 30.6 Å². The van der Waals surface area contributed by atoms with E-state index >= 15 is 0 Å². The number of aromatic nitrogens is 2. The van der Waals surface area contributed by atoms with E-state index in [1.54, 1.807) is 17.0 Å². The van der Waals surface area contributed by atoms with Gasteiger partial charge in [0.15, 0.2) is 0 Å². The fourth-order valence-electron chi connectivity index (χ4n) is 5.17. The molecular formula is C29H41ClN6O4. The van der Waals surface area contributed by atoms with Gasteiger partial charge < -0.3 is 25.0 Å². The van der Waals surface area contributed by atoms with Crippen LogP contribution >= 0.6 is 11.6 Å². The lowest BCUT2D eigenvalue weighted by molar-refractivity contribution is -0.119. The first kappa shape index (κ1) is 30.0. The largest absolute Gasteiger partial charge is 0.444 e. The van der Waals surface area contributed by atoms with Gasteiger partial charge in [0.05, 0.1) is 0 Å². The highest BCUT2D eigenvalue weighted by molar-refractivity contribution is 6.30. The lowest BCUT2D eigenvalue weighted by Crippen LogP contribution is -2.54. The second kappa shape index (κ2) is 12.3. The van der Waals surface area contributed by atoms with Crippen molar-refractivity contribution in [3.63, 3.8) is 0 Å². The van der Waals surface area contributed by atoms with Crippen molar-refractivity contribution in [3.8, 4) is 0 Å². The zero-order chi connectivity index (χ0) is 29.2. The Morgan fingerprint density at radius 2 is 1.82 bits per heavy atom. The van der Waals surface area contributed by atoms with E-state index in [2.05, 4.69) is 20.2 Å². The second-order valence-corrected chi connectivity index (χ2v) is 12.4. The molecule has 10 nitrogen and oxygen atoms in total. The van der Waals surface area contributed by atoms with Gasteiger partial charge in [-0.1, -0.05) is 30.7 Å². The quantitative estimate of drug-likeness (QED) is 0.509. The molecule has 0 unspecified atom stereocenters. The Morgan fingerprint density at radius 1 is 1.18 bits per heavy atom. The monoisotopic (exact) mass is 572 g/mol. The van der Waals surface area contributed by atoms with Gasteiger partial charge in [0.1, 0.15) is 29.8 Å². The molecule has 3 atom stereocenters. The summed E-state index contributed by atoms with van der Waals surface area (Å²) in [5.74, 6) is 0.849. The second-order valence-electron chi connectivity index (χ2n) is 11.9. The first-order chi connectivity index (χ1) is 18.8. The number of amides is 2. The zero-order valence-corrected chi connectivity index (χ0v) is 25.0. The third-order valence-electron chi connectivity index (χ3n) is 7.41. The average molecular weight is 573 g/mol. The molecule has 1 aromatic heterocycles. The summed E-state index contributed by atoms with van der Waals surface area (Å²) in [7, 11) is 0. The molecule has 40 heavy (non-hydrogen) atoms. The van der Waals surface area contributed by atoms with Crippen molar-refractivity contribution < 1.29 is 19.4 Å². The number of rotatable bonds is 7. The predicted molar refractivity (Wildman–Crippen MR) is 156 cm³/mol. The molecule has 218 valence electrons. The summed E-state index contributed by atoms with van der Waals surface area (Å²) in [4.78, 5) is 40.0. The van der Waals surface area contributed by atoms with Gasteiger partial charge in [0.25, 0.3) is 0 Å². The average Bonchev–Trinajstić information content (AvgIpc) is 2.89. The van der Waals surface area contributed by atoms with Crippen LogP contribution in [0.25, 0.3) is 0 Å². The maximum absolute atomic E-state index is 13.1. The molecule has 1 saturated heterocycles. The van der Waals surface area contributed by atoms with Gasteiger partial charge in [-0.15, -0.1) is 0 Å². The molecule has 0 aliphatic carbocycles. The van der Waals surface area contributed by atoms with Crippen LogP contribution in [0.1, 0.15) is 58.6 Å². The van der Waals surface area contributed by atoms with Gasteiger partial charge in [-0.25, -0.2) is 14.8 Å². The fourth-order valence-corrected chi connectivity index (χ4v) is 5.30. The Hall–Kier alpha value is -2.95. The molecule has 2 N–H and O–H groups in total. The zero-order valence-electron chi connectivity index (χ0n) is 24.2. The number of carbonyl (C=O) groups is 2. The predicted octanol–water partition coefficient (Wildman–Crippen LogP) is 4.13. The van der Waals surface area contributed by atoms with Crippen LogP contribution in [-0.2, 0) is 16.0 Å². The Balaban J connectivity index is 1.52. The van der Waals surface area contributed by atoms with Crippen LogP contribution in [0.4, 0.5) is 16.4 Å². The number of benzene rings is 1. The number of halogens is 1. The van der Waals surface area contributed by atoms with Crippen LogP contribution in [0.3, 0.4) is 0 Å². The fraction of sp³-hybridized carbons (Fsp3) is 0.586. The molecule has 2 aromatic rings. The normalized spacial score (nSPS) is 19.6. The Kier molecular flexibility index (Phi) is 9.22. The Bertz CT molecular complexity index is 1190. The number of nitrogens with zero attached hydrogens (tertiary/aromatic N) is 5. The van der Waals surface area contributed by atoms with Crippen LogP contribution in [0.2, 0.25) is 5.02 Å². The first-order valence-corrected chi connectivity index (χ1v) is 14.3. The van der Waals surface area contributed by atoms with Crippen molar-refractivity contribution in [1.82, 2.24) is 19.8 Å². The van der Waals surface area contributed by atoms with Crippen molar-refractivity contribution in [2.75, 3.05) is 42.9 Å². The molecule has 3 heterocycles. The summed E-state index contributed by atoms with van der Waals surface area (Å²) in [5, 5.41) is 15.2. The lowest BCUT2D eigenvalue weighted by Gasteiger charge is -2.42. The van der Waals surface area contributed by atoms with Gasteiger partial charge >= 0.3 is 6.09 Å². The third-order valence-corrected chi connectivity index (χ3v) is 7.66. The molecule has 0 saturated carbocycles. The summed E-state index contributed by atoms with van der Waals surface area (Å²) in [5.41, 5.74) is 1.21. The number of nitrogens with one attached hydrogen (secondary N) is 1. The number of carbonyl (C=O) groups excluding carboxylic acids is 2. The van der Waals surface area contributed by atoms with E-state index in [4.69, 9.17) is 16.3 Å². The highest BCUT2D eigenvalue weighted by atomic mass is 35.5. The molecule has 2 amide bonds. The van der Waals surface area contributed by atoms with Crippen LogP contribution in [-0.4, -0.2) is 87.5 Å². The van der Waals surface area contributed by atoms with E-state index < -0.39 is 17.9 Å². The maximum atomic E-state index is 13.1. The highest BCUT2D eigenvalue weighted by Gasteiger charge is 2.35. The van der Waals surface area contributed by atoms with Gasteiger partial charge in [-0.2, -0.15) is 0 Å². The number of aliphatic hydroxyl groups is 1. The third kappa shape index (κ3) is 7.03. The number of aliphatic hydroxyl groups excluding tert-OH is 1. The SMILES string of the molecule is CC(C)N(C[C@@H](c1ccc(Cl)cc1)[C@@H](O)N1CCN(c2ncnc3c2C[C@@H](C)C(=O)N3)CC1)C(=O)OC(C)(C)C. The van der Waals surface area contributed by atoms with E-state index in [-0.39, 0.29) is 30.3 Å². The van der Waals surface area contributed by atoms with E-state index in [1.165, 1.54) is 6.33 Å². The molecule has 0 radical (unpaired) electrons. The lowest BCUT2D eigenvalue weighted by atomic mass is 9.94. The Labute approximate surface area is 241 Å². The smallest absolute Gasteiger partial charge is 0.410 e. The summed E-state index contributed by atoms with van der Waals surface area (Å²) in [6.45, 7) is 14.1. The molecule has 4 rings (SSSR count). The van der Waals surface area contributed by atoms with Crippen LogP contribution < -0.4 is 10.2 Å². The number of fused-ring (bicyclic) bond motifs is 1. The minimum atomic E-state index is -0.842. The van der Waals surface area contributed by atoms with Crippen molar-refractivity contribution in [3.05, 3.63) is 46.7 Å². The summed E-state index contributed by atoms with van der Waals surface area (Å²) >= 11 is 6.17.